The second kappa shape index (κ2) is 8.98. The average Bonchev–Trinajstić information content (AvgIpc) is 2.80. The number of hydrogen-bond donors (Lipinski definition) is 1. The van der Waals surface area contributed by atoms with Gasteiger partial charge in [-0.05, 0) is 36.9 Å². The van der Waals surface area contributed by atoms with Crippen molar-refractivity contribution in [2.24, 2.45) is 0 Å². The molecule has 0 bridgehead atoms. The fourth-order valence-corrected chi connectivity index (χ4v) is 3.17. The second-order valence-corrected chi connectivity index (χ2v) is 7.72. The number of fused-ring (bicyclic) bond motifs is 1. The minimum absolute atomic E-state index is 0.271. The van der Waals surface area contributed by atoms with Gasteiger partial charge < -0.3 is 4.74 Å². The van der Waals surface area contributed by atoms with E-state index in [1.54, 1.807) is 13.8 Å². The van der Waals surface area contributed by atoms with E-state index in [4.69, 9.17) is 14.6 Å². The normalized spacial score (nSPS) is 11.3. The summed E-state index contributed by atoms with van der Waals surface area (Å²) in [4.78, 5) is 22.9. The van der Waals surface area contributed by atoms with Crippen molar-refractivity contribution in [1.82, 2.24) is 10.5 Å². The van der Waals surface area contributed by atoms with E-state index in [2.05, 4.69) is 5.48 Å². The lowest BCUT2D eigenvalue weighted by molar-refractivity contribution is -0.148. The van der Waals surface area contributed by atoms with Gasteiger partial charge in [0.2, 0.25) is 5.88 Å². The Kier molecular flexibility index (Phi) is 5.96. The van der Waals surface area contributed by atoms with Crippen molar-refractivity contribution in [3.63, 3.8) is 0 Å². The highest BCUT2D eigenvalue weighted by atomic mass is 16.7. The zero-order valence-corrected chi connectivity index (χ0v) is 17.5. The number of ether oxygens (including phenoxy) is 1. The Morgan fingerprint density at radius 3 is 2.29 bits per heavy atom. The topological polar surface area (TPSA) is 60.5 Å². The van der Waals surface area contributed by atoms with Gasteiger partial charge in [0.25, 0.3) is 5.91 Å². The minimum Gasteiger partial charge on any atom is -0.461 e. The van der Waals surface area contributed by atoms with Crippen LogP contribution in [0.2, 0.25) is 0 Å². The minimum atomic E-state index is -1.19. The number of rotatable bonds is 7. The van der Waals surface area contributed by atoms with Gasteiger partial charge >= 0.3 is 0 Å². The number of benzene rings is 3. The molecule has 5 heteroatoms. The van der Waals surface area contributed by atoms with E-state index in [9.17, 15) is 4.79 Å². The van der Waals surface area contributed by atoms with E-state index in [0.717, 1.165) is 27.6 Å². The highest BCUT2D eigenvalue weighted by molar-refractivity contribution is 5.91. The lowest BCUT2D eigenvalue weighted by atomic mass is 10.1. The van der Waals surface area contributed by atoms with Crippen LogP contribution in [0.15, 0.2) is 91.0 Å². The third-order valence-corrected chi connectivity index (χ3v) is 4.92. The Morgan fingerprint density at radius 2 is 1.55 bits per heavy atom. The molecule has 5 nitrogen and oxygen atoms in total. The molecule has 156 valence electrons. The quantitative estimate of drug-likeness (QED) is 0.418. The lowest BCUT2D eigenvalue weighted by Gasteiger charge is -2.25. The van der Waals surface area contributed by atoms with Crippen LogP contribution in [0.25, 0.3) is 22.0 Å². The number of nitrogens with zero attached hydrogens (tertiary/aromatic N) is 1. The molecule has 1 amide bonds. The van der Waals surface area contributed by atoms with E-state index in [0.29, 0.717) is 5.88 Å². The number of hydroxylamine groups is 1. The summed E-state index contributed by atoms with van der Waals surface area (Å²) in [6, 6.07) is 29.4. The molecule has 3 aromatic carbocycles. The van der Waals surface area contributed by atoms with Gasteiger partial charge in [0, 0.05) is 10.9 Å². The summed E-state index contributed by atoms with van der Waals surface area (Å²) in [6.45, 7) is 3.66. The summed E-state index contributed by atoms with van der Waals surface area (Å²) in [5, 5.41) is 1.83. The first-order valence-electron chi connectivity index (χ1n) is 10.1. The average molecular weight is 412 g/mol. The molecule has 0 saturated carbocycles. The molecule has 0 radical (unpaired) electrons. The number of nitrogens with one attached hydrogen (secondary N) is 1. The lowest BCUT2D eigenvalue weighted by Crippen LogP contribution is -2.46. The van der Waals surface area contributed by atoms with Crippen molar-refractivity contribution in [2.75, 3.05) is 0 Å². The number of hydrogen-bond acceptors (Lipinski definition) is 4. The second-order valence-electron chi connectivity index (χ2n) is 7.72. The summed E-state index contributed by atoms with van der Waals surface area (Å²) in [5.41, 5.74) is 4.03. The summed E-state index contributed by atoms with van der Waals surface area (Å²) in [6.07, 6.45) is 0. The van der Waals surface area contributed by atoms with Gasteiger partial charge in [-0.3, -0.25) is 9.63 Å². The summed E-state index contributed by atoms with van der Waals surface area (Å²) in [7, 11) is 0. The molecule has 0 aliphatic rings. The van der Waals surface area contributed by atoms with E-state index >= 15 is 0 Å². The SMILES string of the molecule is CC(C)(Oc1nc(-c2ccccc2)cc2ccccc12)C(=O)NOCc1ccccc1. The van der Waals surface area contributed by atoms with Crippen molar-refractivity contribution < 1.29 is 14.4 Å². The fourth-order valence-electron chi connectivity index (χ4n) is 3.17. The number of carbonyl (C=O) groups is 1. The van der Waals surface area contributed by atoms with Crippen molar-refractivity contribution in [3.05, 3.63) is 96.6 Å². The van der Waals surface area contributed by atoms with Gasteiger partial charge in [0.15, 0.2) is 5.60 Å². The van der Waals surface area contributed by atoms with Gasteiger partial charge in [-0.1, -0.05) is 78.9 Å². The molecule has 4 rings (SSSR count). The molecular weight excluding hydrogens is 388 g/mol. The summed E-state index contributed by atoms with van der Waals surface area (Å²) >= 11 is 0. The monoisotopic (exact) mass is 412 g/mol. The van der Waals surface area contributed by atoms with E-state index in [-0.39, 0.29) is 12.5 Å². The Hall–Kier alpha value is -3.70. The maximum absolute atomic E-state index is 12.8. The van der Waals surface area contributed by atoms with E-state index in [1.165, 1.54) is 0 Å². The predicted octanol–water partition coefficient (Wildman–Crippen LogP) is 5.31. The van der Waals surface area contributed by atoms with Crippen LogP contribution in [0, 0.1) is 0 Å². The largest absolute Gasteiger partial charge is 0.461 e. The van der Waals surface area contributed by atoms with Crippen molar-refractivity contribution in [1.29, 1.82) is 0 Å². The Bertz CT molecular complexity index is 1180. The number of pyridine rings is 1. The first-order valence-corrected chi connectivity index (χ1v) is 10.1. The highest BCUT2D eigenvalue weighted by Gasteiger charge is 2.31. The van der Waals surface area contributed by atoms with Crippen LogP contribution in [0.4, 0.5) is 0 Å². The van der Waals surface area contributed by atoms with Crippen LogP contribution >= 0.6 is 0 Å². The maximum Gasteiger partial charge on any atom is 0.287 e. The standard InChI is InChI=1S/C26H24N2O3/c1-26(2,25(29)28-30-18-19-11-5-3-6-12-19)31-24-22-16-10-9-15-21(22)17-23(27-24)20-13-7-4-8-14-20/h3-17H,18H2,1-2H3,(H,28,29). The zero-order valence-electron chi connectivity index (χ0n) is 17.5. The number of carbonyl (C=O) groups excluding carboxylic acids is 1. The molecule has 31 heavy (non-hydrogen) atoms. The summed E-state index contributed by atoms with van der Waals surface area (Å²) in [5.74, 6) is 0.0135. The molecule has 1 aromatic heterocycles. The molecule has 0 spiro atoms. The van der Waals surface area contributed by atoms with Crippen LogP contribution in [-0.2, 0) is 16.2 Å². The van der Waals surface area contributed by atoms with Gasteiger partial charge in [0.05, 0.1) is 12.3 Å². The van der Waals surface area contributed by atoms with Crippen LogP contribution in [0.3, 0.4) is 0 Å². The zero-order chi connectivity index (χ0) is 21.7. The van der Waals surface area contributed by atoms with Gasteiger partial charge in [0.1, 0.15) is 0 Å². The van der Waals surface area contributed by atoms with Crippen molar-refractivity contribution in [2.45, 2.75) is 26.1 Å². The van der Waals surface area contributed by atoms with E-state index in [1.807, 2.05) is 91.0 Å². The van der Waals surface area contributed by atoms with E-state index < -0.39 is 5.60 Å². The predicted molar refractivity (Wildman–Crippen MR) is 121 cm³/mol. The van der Waals surface area contributed by atoms with Gasteiger partial charge in [-0.15, -0.1) is 0 Å². The molecule has 4 aromatic rings. The molecule has 0 aliphatic heterocycles. The third-order valence-electron chi connectivity index (χ3n) is 4.92. The Morgan fingerprint density at radius 1 is 0.903 bits per heavy atom. The molecule has 1 heterocycles. The number of amides is 1. The molecule has 0 atom stereocenters. The summed E-state index contributed by atoms with van der Waals surface area (Å²) < 4.78 is 6.14. The molecule has 0 aliphatic carbocycles. The van der Waals surface area contributed by atoms with Gasteiger partial charge in [-0.25, -0.2) is 10.5 Å². The third kappa shape index (κ3) is 4.90. The smallest absolute Gasteiger partial charge is 0.287 e. The van der Waals surface area contributed by atoms with Crippen LogP contribution in [0.1, 0.15) is 19.4 Å². The van der Waals surface area contributed by atoms with Crippen LogP contribution in [-0.4, -0.2) is 16.5 Å². The van der Waals surface area contributed by atoms with Crippen LogP contribution in [0.5, 0.6) is 5.88 Å². The molecule has 1 N–H and O–H groups in total. The highest BCUT2D eigenvalue weighted by Crippen LogP contribution is 2.31. The van der Waals surface area contributed by atoms with Crippen molar-refractivity contribution >= 4 is 16.7 Å². The number of aromatic nitrogens is 1. The Balaban J connectivity index is 1.55. The molecular formula is C26H24N2O3. The first-order chi connectivity index (χ1) is 15.0. The van der Waals surface area contributed by atoms with Crippen molar-refractivity contribution in [3.8, 4) is 17.1 Å². The molecule has 0 saturated heterocycles. The van der Waals surface area contributed by atoms with Gasteiger partial charge in [-0.2, -0.15) is 0 Å². The molecule has 0 fully saturated rings. The Labute approximate surface area is 181 Å². The fraction of sp³-hybridized carbons (Fsp3) is 0.154. The van der Waals surface area contributed by atoms with Crippen LogP contribution < -0.4 is 10.2 Å². The maximum atomic E-state index is 12.8. The first kappa shape index (κ1) is 20.6. The molecule has 0 unspecified atom stereocenters.